The smallest absolute Gasteiger partial charge is 0.223 e. The number of alkyl halides is 1. The number of rotatable bonds is 1. The quantitative estimate of drug-likeness (QED) is 0.666. The molecule has 0 aromatic carbocycles. The molecule has 2 unspecified atom stereocenters. The van der Waals surface area contributed by atoms with Crippen LogP contribution in [0.3, 0.4) is 0 Å². The van der Waals surface area contributed by atoms with Crippen LogP contribution in [0.25, 0.3) is 0 Å². The van der Waals surface area contributed by atoms with Gasteiger partial charge >= 0.3 is 0 Å². The van der Waals surface area contributed by atoms with Crippen molar-refractivity contribution in [1.29, 1.82) is 0 Å². The number of hydrogen-bond acceptors (Lipinski definition) is 1. The monoisotopic (exact) mass is 213 g/mol. The van der Waals surface area contributed by atoms with Gasteiger partial charge in [0, 0.05) is 4.87 Å². The Morgan fingerprint density at radius 1 is 1.21 bits per heavy atom. The summed E-state index contributed by atoms with van der Waals surface area (Å²) in [6.45, 7) is 0. The number of nitrogens with two attached hydrogens (primary N) is 1. The van der Waals surface area contributed by atoms with Gasteiger partial charge in [0.1, 0.15) is 0 Å². The predicted molar refractivity (Wildman–Crippen MR) is 54.9 cm³/mol. The summed E-state index contributed by atoms with van der Waals surface area (Å²) in [7, 11) is 0. The molecule has 2 nitrogen and oxygen atoms in total. The van der Waals surface area contributed by atoms with Crippen molar-refractivity contribution in [3.63, 3.8) is 0 Å². The third-order valence-electron chi connectivity index (χ3n) is 4.51. The third-order valence-corrected chi connectivity index (χ3v) is 4.95. The lowest BCUT2D eigenvalue weighted by Gasteiger charge is -2.58. The summed E-state index contributed by atoms with van der Waals surface area (Å²) in [5.74, 6) is 1.24. The first-order valence-corrected chi connectivity index (χ1v) is 5.88. The topological polar surface area (TPSA) is 43.1 Å². The van der Waals surface area contributed by atoms with E-state index in [1.54, 1.807) is 0 Å². The van der Waals surface area contributed by atoms with E-state index in [9.17, 15) is 4.79 Å². The predicted octanol–water partition coefficient (Wildman–Crippen LogP) is 2.05. The molecule has 4 atom stereocenters. The molecule has 2 N–H and O–H groups in total. The number of carbonyl (C=O) groups is 1. The van der Waals surface area contributed by atoms with Crippen molar-refractivity contribution < 1.29 is 4.79 Å². The molecule has 14 heavy (non-hydrogen) atoms. The largest absolute Gasteiger partial charge is 0.369 e. The fourth-order valence-electron chi connectivity index (χ4n) is 4.44. The highest BCUT2D eigenvalue weighted by Crippen LogP contribution is 2.63. The first-order chi connectivity index (χ1) is 6.51. The lowest BCUT2D eigenvalue weighted by atomic mass is 9.49. The highest BCUT2D eigenvalue weighted by atomic mass is 35.5. The molecule has 0 aromatic heterocycles. The van der Waals surface area contributed by atoms with E-state index in [0.717, 1.165) is 32.1 Å². The Hall–Kier alpha value is -0.240. The Kier molecular flexibility index (Phi) is 1.59. The Morgan fingerprint density at radius 2 is 1.79 bits per heavy atom. The minimum absolute atomic E-state index is 0.0842. The number of halogens is 1. The van der Waals surface area contributed by atoms with Crippen molar-refractivity contribution in [2.24, 2.45) is 23.0 Å². The van der Waals surface area contributed by atoms with Gasteiger partial charge in [0.15, 0.2) is 0 Å². The zero-order valence-corrected chi connectivity index (χ0v) is 9.02. The van der Waals surface area contributed by atoms with Crippen molar-refractivity contribution in [1.82, 2.24) is 0 Å². The van der Waals surface area contributed by atoms with Gasteiger partial charge in [0.2, 0.25) is 5.91 Å². The molecule has 78 valence electrons. The van der Waals surface area contributed by atoms with E-state index >= 15 is 0 Å². The summed E-state index contributed by atoms with van der Waals surface area (Å²) in [6.07, 6.45) is 6.36. The molecular formula is C11H16ClNO. The van der Waals surface area contributed by atoms with E-state index in [-0.39, 0.29) is 16.2 Å². The average Bonchev–Trinajstić information content (AvgIpc) is 1.98. The molecule has 4 aliphatic carbocycles. The number of hydrogen-bond donors (Lipinski definition) is 1. The van der Waals surface area contributed by atoms with Gasteiger partial charge in [-0.2, -0.15) is 0 Å². The first kappa shape index (κ1) is 9.02. The summed E-state index contributed by atoms with van der Waals surface area (Å²) in [6, 6.07) is 0. The van der Waals surface area contributed by atoms with Crippen LogP contribution in [0.2, 0.25) is 0 Å². The van der Waals surface area contributed by atoms with Crippen LogP contribution in [0.15, 0.2) is 0 Å². The maximum Gasteiger partial charge on any atom is 0.223 e. The van der Waals surface area contributed by atoms with Crippen molar-refractivity contribution in [2.45, 2.75) is 43.4 Å². The molecule has 3 heteroatoms. The van der Waals surface area contributed by atoms with Gasteiger partial charge in [-0.15, -0.1) is 11.6 Å². The maximum absolute atomic E-state index is 11.6. The highest BCUT2D eigenvalue weighted by Gasteiger charge is 2.59. The average molecular weight is 214 g/mol. The van der Waals surface area contributed by atoms with Crippen molar-refractivity contribution in [2.75, 3.05) is 0 Å². The molecule has 4 bridgehead atoms. The molecule has 0 radical (unpaired) electrons. The van der Waals surface area contributed by atoms with E-state index in [4.69, 9.17) is 17.3 Å². The minimum Gasteiger partial charge on any atom is -0.369 e. The standard InChI is InChI=1S/C11H16ClNO/c12-11-4-7-1-8(5-11)3-10(2-7,6-11)9(13)14/h7-8H,1-6H2,(H2,13,14)/t7-,8+,10?,11?. The Morgan fingerprint density at radius 3 is 2.21 bits per heavy atom. The molecule has 4 fully saturated rings. The minimum atomic E-state index is -0.230. The molecule has 0 saturated heterocycles. The second-order valence-corrected chi connectivity index (χ2v) is 6.56. The van der Waals surface area contributed by atoms with Crippen molar-refractivity contribution >= 4 is 17.5 Å². The van der Waals surface area contributed by atoms with Gasteiger partial charge in [-0.05, 0) is 50.4 Å². The third kappa shape index (κ3) is 1.06. The van der Waals surface area contributed by atoms with Crippen LogP contribution in [0.1, 0.15) is 38.5 Å². The zero-order valence-electron chi connectivity index (χ0n) is 8.26. The van der Waals surface area contributed by atoms with Crippen LogP contribution in [0.4, 0.5) is 0 Å². The molecule has 0 aliphatic heterocycles. The SMILES string of the molecule is NC(=O)C12C[C@@H]3C[C@@H](CC(Cl)(C3)C1)C2. The van der Waals surface area contributed by atoms with E-state index in [2.05, 4.69) is 0 Å². The van der Waals surface area contributed by atoms with Crippen LogP contribution in [-0.2, 0) is 4.79 Å². The van der Waals surface area contributed by atoms with Gasteiger partial charge in [-0.3, -0.25) is 4.79 Å². The van der Waals surface area contributed by atoms with Gasteiger partial charge in [-0.25, -0.2) is 0 Å². The van der Waals surface area contributed by atoms with Crippen LogP contribution in [0, 0.1) is 17.3 Å². The lowest BCUT2D eigenvalue weighted by molar-refractivity contribution is -0.141. The Balaban J connectivity index is 2.00. The Labute approximate surface area is 89.2 Å². The van der Waals surface area contributed by atoms with Crippen molar-refractivity contribution in [3.8, 4) is 0 Å². The van der Waals surface area contributed by atoms with Crippen LogP contribution in [0.5, 0.6) is 0 Å². The fraction of sp³-hybridized carbons (Fsp3) is 0.909. The van der Waals surface area contributed by atoms with Gasteiger partial charge in [-0.1, -0.05) is 0 Å². The van der Waals surface area contributed by atoms with Crippen LogP contribution < -0.4 is 5.73 Å². The van der Waals surface area contributed by atoms with Gasteiger partial charge < -0.3 is 5.73 Å². The number of carbonyl (C=O) groups excluding carboxylic acids is 1. The molecule has 0 spiro atoms. The van der Waals surface area contributed by atoms with Gasteiger partial charge in [0.05, 0.1) is 5.41 Å². The Bertz CT molecular complexity index is 288. The van der Waals surface area contributed by atoms with Gasteiger partial charge in [0.25, 0.3) is 0 Å². The summed E-state index contributed by atoms with van der Waals surface area (Å²) in [5, 5.41) is 0. The fourth-order valence-corrected chi connectivity index (χ4v) is 5.13. The summed E-state index contributed by atoms with van der Waals surface area (Å²) >= 11 is 6.56. The molecule has 4 aliphatic rings. The van der Waals surface area contributed by atoms with Crippen molar-refractivity contribution in [3.05, 3.63) is 0 Å². The molecular weight excluding hydrogens is 198 g/mol. The van der Waals surface area contributed by atoms with Crippen LogP contribution in [-0.4, -0.2) is 10.8 Å². The summed E-state index contributed by atoms with van der Waals surface area (Å²) in [5.41, 5.74) is 5.32. The normalized spacial score (nSPS) is 54.9. The number of amides is 1. The van der Waals surface area contributed by atoms with E-state index in [1.165, 1.54) is 6.42 Å². The molecule has 4 rings (SSSR count). The van der Waals surface area contributed by atoms with E-state index < -0.39 is 0 Å². The summed E-state index contributed by atoms with van der Waals surface area (Å²) in [4.78, 5) is 11.5. The molecule has 0 heterocycles. The second-order valence-electron chi connectivity index (χ2n) is 5.76. The summed E-state index contributed by atoms with van der Waals surface area (Å²) < 4.78 is 0. The molecule has 1 amide bonds. The van der Waals surface area contributed by atoms with E-state index in [1.807, 2.05) is 0 Å². The second kappa shape index (κ2) is 2.46. The van der Waals surface area contributed by atoms with E-state index in [0.29, 0.717) is 11.8 Å². The number of primary amides is 1. The lowest BCUT2D eigenvalue weighted by Crippen LogP contribution is -2.57. The molecule has 0 aromatic rings. The zero-order chi connectivity index (χ0) is 9.97. The first-order valence-electron chi connectivity index (χ1n) is 5.50. The highest BCUT2D eigenvalue weighted by molar-refractivity contribution is 6.24. The molecule has 4 saturated carbocycles. The maximum atomic E-state index is 11.6. The van der Waals surface area contributed by atoms with Crippen LogP contribution >= 0.6 is 11.6 Å².